The maximum absolute atomic E-state index is 6.20. The molecule has 0 aliphatic rings. The summed E-state index contributed by atoms with van der Waals surface area (Å²) in [6.45, 7) is 7.70. The number of aromatic nitrogens is 3. The van der Waals surface area contributed by atoms with Crippen LogP contribution in [0.4, 0.5) is 0 Å². The highest BCUT2D eigenvalue weighted by molar-refractivity contribution is 9.10. The molecule has 0 saturated carbocycles. The van der Waals surface area contributed by atoms with Crippen molar-refractivity contribution in [3.05, 3.63) is 45.1 Å². The average molecular weight is 358 g/mol. The summed E-state index contributed by atoms with van der Waals surface area (Å²) in [5.41, 5.74) is 2.02. The van der Waals surface area contributed by atoms with E-state index in [4.69, 9.17) is 11.6 Å². The summed E-state index contributed by atoms with van der Waals surface area (Å²) in [5.74, 6) is 0. The van der Waals surface area contributed by atoms with Gasteiger partial charge in [-0.15, -0.1) is 5.10 Å². The fraction of sp³-hybridized carbons (Fsp3) is 0.429. The molecule has 6 heteroatoms. The Labute approximate surface area is 132 Å². The predicted octanol–water partition coefficient (Wildman–Crippen LogP) is 3.63. The van der Waals surface area contributed by atoms with Gasteiger partial charge in [-0.1, -0.05) is 38.8 Å². The minimum atomic E-state index is 0.0682. The van der Waals surface area contributed by atoms with Crippen LogP contribution in [0, 0.1) is 0 Å². The van der Waals surface area contributed by atoms with Crippen LogP contribution >= 0.6 is 27.5 Å². The van der Waals surface area contributed by atoms with E-state index < -0.39 is 0 Å². The molecule has 1 heterocycles. The lowest BCUT2D eigenvalue weighted by Crippen LogP contribution is -2.35. The molecular weight excluding hydrogens is 340 g/mol. The van der Waals surface area contributed by atoms with Crippen molar-refractivity contribution in [2.45, 2.75) is 39.4 Å². The number of halogens is 2. The standard InChI is InChI=1S/C14H18BrClN4/c1-14(2,3)17-7-12-9-20(19-18-12)8-10-4-5-11(15)6-13(10)16/h4-6,9,17H,7-8H2,1-3H3. The normalized spacial score (nSPS) is 11.8. The van der Waals surface area contributed by atoms with Crippen molar-refractivity contribution in [3.8, 4) is 0 Å². The van der Waals surface area contributed by atoms with Gasteiger partial charge in [-0.3, -0.25) is 0 Å². The lowest BCUT2D eigenvalue weighted by Gasteiger charge is -2.19. The summed E-state index contributed by atoms with van der Waals surface area (Å²) < 4.78 is 2.77. The number of nitrogens with one attached hydrogen (secondary N) is 1. The van der Waals surface area contributed by atoms with Crippen LogP contribution in [0.15, 0.2) is 28.9 Å². The Morgan fingerprint density at radius 1 is 1.35 bits per heavy atom. The van der Waals surface area contributed by atoms with E-state index in [1.807, 2.05) is 24.4 Å². The summed E-state index contributed by atoms with van der Waals surface area (Å²) in [6.07, 6.45) is 1.94. The first-order chi connectivity index (χ1) is 9.33. The zero-order chi connectivity index (χ0) is 14.8. The minimum absolute atomic E-state index is 0.0682. The SMILES string of the molecule is CC(C)(C)NCc1cn(Cc2ccc(Br)cc2Cl)nn1. The highest BCUT2D eigenvalue weighted by Crippen LogP contribution is 2.21. The molecule has 0 saturated heterocycles. The van der Waals surface area contributed by atoms with Crippen molar-refractivity contribution in [1.82, 2.24) is 20.3 Å². The number of nitrogens with zero attached hydrogens (tertiary/aromatic N) is 3. The lowest BCUT2D eigenvalue weighted by molar-refractivity contribution is 0.421. The summed E-state index contributed by atoms with van der Waals surface area (Å²) in [6, 6.07) is 5.84. The predicted molar refractivity (Wildman–Crippen MR) is 84.9 cm³/mol. The van der Waals surface area contributed by atoms with Gasteiger partial charge in [-0.25, -0.2) is 4.68 Å². The Hall–Kier alpha value is -0.910. The van der Waals surface area contributed by atoms with E-state index in [1.165, 1.54) is 0 Å². The van der Waals surface area contributed by atoms with Crippen molar-refractivity contribution >= 4 is 27.5 Å². The molecule has 0 unspecified atom stereocenters. The van der Waals surface area contributed by atoms with Gasteiger partial charge in [0.05, 0.1) is 18.4 Å². The van der Waals surface area contributed by atoms with Crippen molar-refractivity contribution < 1.29 is 0 Å². The Morgan fingerprint density at radius 3 is 2.75 bits per heavy atom. The van der Waals surface area contributed by atoms with Crippen molar-refractivity contribution in [1.29, 1.82) is 0 Å². The molecule has 108 valence electrons. The molecule has 0 atom stereocenters. The van der Waals surface area contributed by atoms with Crippen LogP contribution in [-0.4, -0.2) is 20.5 Å². The van der Waals surface area contributed by atoms with Crippen molar-refractivity contribution in [2.24, 2.45) is 0 Å². The topological polar surface area (TPSA) is 42.7 Å². The summed E-state index contributed by atoms with van der Waals surface area (Å²) in [5, 5.41) is 12.4. The Bertz CT molecular complexity index is 589. The zero-order valence-corrected chi connectivity index (χ0v) is 14.2. The largest absolute Gasteiger partial charge is 0.306 e. The maximum atomic E-state index is 6.20. The molecule has 20 heavy (non-hydrogen) atoms. The molecule has 2 aromatic rings. The quantitative estimate of drug-likeness (QED) is 0.908. The molecule has 0 spiro atoms. The van der Waals surface area contributed by atoms with Gasteiger partial charge in [0, 0.05) is 21.6 Å². The second kappa shape index (κ2) is 6.24. The van der Waals surface area contributed by atoms with E-state index in [1.54, 1.807) is 4.68 Å². The highest BCUT2D eigenvalue weighted by atomic mass is 79.9. The lowest BCUT2D eigenvalue weighted by atomic mass is 10.1. The van der Waals surface area contributed by atoms with Gasteiger partial charge in [0.2, 0.25) is 0 Å². The molecule has 0 aliphatic heterocycles. The van der Waals surface area contributed by atoms with Crippen LogP contribution in [0.5, 0.6) is 0 Å². The van der Waals surface area contributed by atoms with E-state index in [0.717, 1.165) is 20.8 Å². The van der Waals surface area contributed by atoms with E-state index in [9.17, 15) is 0 Å². The van der Waals surface area contributed by atoms with Crippen molar-refractivity contribution in [2.75, 3.05) is 0 Å². The minimum Gasteiger partial charge on any atom is -0.306 e. The third-order valence-corrected chi connectivity index (χ3v) is 3.58. The smallest absolute Gasteiger partial charge is 0.0965 e. The Balaban J connectivity index is 2.02. The van der Waals surface area contributed by atoms with Gasteiger partial charge in [0.25, 0.3) is 0 Å². The molecule has 0 bridgehead atoms. The van der Waals surface area contributed by atoms with Crippen LogP contribution < -0.4 is 5.32 Å². The summed E-state index contributed by atoms with van der Waals surface area (Å²) in [4.78, 5) is 0. The molecule has 2 rings (SSSR count). The first kappa shape index (κ1) is 15.5. The second-order valence-electron chi connectivity index (χ2n) is 5.75. The molecule has 0 fully saturated rings. The maximum Gasteiger partial charge on any atom is 0.0965 e. The van der Waals surface area contributed by atoms with E-state index >= 15 is 0 Å². The van der Waals surface area contributed by atoms with E-state index in [0.29, 0.717) is 13.1 Å². The van der Waals surface area contributed by atoms with Gasteiger partial charge in [-0.05, 0) is 38.5 Å². The Kier molecular flexibility index (Phi) is 4.83. The van der Waals surface area contributed by atoms with Gasteiger partial charge in [0.1, 0.15) is 0 Å². The zero-order valence-electron chi connectivity index (χ0n) is 11.8. The van der Waals surface area contributed by atoms with Crippen LogP contribution in [0.3, 0.4) is 0 Å². The molecular formula is C14H18BrClN4. The average Bonchev–Trinajstić information content (AvgIpc) is 2.77. The van der Waals surface area contributed by atoms with Gasteiger partial charge < -0.3 is 5.32 Å². The van der Waals surface area contributed by atoms with Gasteiger partial charge in [-0.2, -0.15) is 0 Å². The second-order valence-corrected chi connectivity index (χ2v) is 7.07. The monoisotopic (exact) mass is 356 g/mol. The fourth-order valence-corrected chi connectivity index (χ4v) is 2.41. The molecule has 0 aliphatic carbocycles. The third kappa shape index (κ3) is 4.58. The van der Waals surface area contributed by atoms with Crippen LogP contribution in [0.25, 0.3) is 0 Å². The van der Waals surface area contributed by atoms with Crippen LogP contribution in [0.1, 0.15) is 32.0 Å². The molecule has 4 nitrogen and oxygen atoms in total. The molecule has 1 aromatic carbocycles. The Morgan fingerprint density at radius 2 is 2.10 bits per heavy atom. The van der Waals surface area contributed by atoms with E-state index in [-0.39, 0.29) is 5.54 Å². The molecule has 0 amide bonds. The summed E-state index contributed by atoms with van der Waals surface area (Å²) >= 11 is 9.60. The number of hydrogen-bond donors (Lipinski definition) is 1. The first-order valence-electron chi connectivity index (χ1n) is 6.41. The van der Waals surface area contributed by atoms with Crippen LogP contribution in [0.2, 0.25) is 5.02 Å². The fourth-order valence-electron chi connectivity index (χ4n) is 1.68. The number of rotatable bonds is 4. The van der Waals surface area contributed by atoms with E-state index in [2.05, 4.69) is 52.3 Å². The van der Waals surface area contributed by atoms with Crippen LogP contribution in [-0.2, 0) is 13.1 Å². The molecule has 1 N–H and O–H groups in total. The first-order valence-corrected chi connectivity index (χ1v) is 7.58. The highest BCUT2D eigenvalue weighted by Gasteiger charge is 2.10. The van der Waals surface area contributed by atoms with Crippen molar-refractivity contribution in [3.63, 3.8) is 0 Å². The molecule has 0 radical (unpaired) electrons. The van der Waals surface area contributed by atoms with Gasteiger partial charge in [0.15, 0.2) is 0 Å². The van der Waals surface area contributed by atoms with Gasteiger partial charge >= 0.3 is 0 Å². The molecule has 1 aromatic heterocycles. The number of hydrogen-bond acceptors (Lipinski definition) is 3. The summed E-state index contributed by atoms with van der Waals surface area (Å²) in [7, 11) is 0. The number of benzene rings is 1. The third-order valence-electron chi connectivity index (χ3n) is 2.73.